The van der Waals surface area contributed by atoms with Crippen LogP contribution in [0.2, 0.25) is 0 Å². The highest BCUT2D eigenvalue weighted by Crippen LogP contribution is 2.23. The van der Waals surface area contributed by atoms with Crippen molar-refractivity contribution in [2.75, 3.05) is 13.2 Å². The van der Waals surface area contributed by atoms with Crippen molar-refractivity contribution in [3.05, 3.63) is 72.4 Å². The number of aromatic nitrogens is 2. The van der Waals surface area contributed by atoms with E-state index in [0.29, 0.717) is 18.2 Å². The van der Waals surface area contributed by atoms with E-state index in [2.05, 4.69) is 10.4 Å². The van der Waals surface area contributed by atoms with Crippen LogP contribution in [0.3, 0.4) is 0 Å². The first kappa shape index (κ1) is 20.8. The summed E-state index contributed by atoms with van der Waals surface area (Å²) in [6, 6.07) is 20.8. The van der Waals surface area contributed by atoms with Crippen molar-refractivity contribution in [2.24, 2.45) is 5.92 Å². The summed E-state index contributed by atoms with van der Waals surface area (Å²) in [5, 5.41) is 7.51. The molecule has 6 heteroatoms. The van der Waals surface area contributed by atoms with Crippen molar-refractivity contribution in [3.63, 3.8) is 0 Å². The molecule has 0 unspecified atom stereocenters. The zero-order valence-corrected chi connectivity index (χ0v) is 17.5. The van der Waals surface area contributed by atoms with Crippen LogP contribution in [0, 0.1) is 5.92 Å². The number of para-hydroxylation sites is 1. The first-order valence-corrected chi connectivity index (χ1v) is 10.9. The van der Waals surface area contributed by atoms with Gasteiger partial charge in [0, 0.05) is 12.1 Å². The molecule has 6 nitrogen and oxygen atoms in total. The summed E-state index contributed by atoms with van der Waals surface area (Å²) < 4.78 is 6.89. The van der Waals surface area contributed by atoms with Gasteiger partial charge in [-0.25, -0.2) is 9.48 Å². The van der Waals surface area contributed by atoms with Gasteiger partial charge < -0.3 is 10.1 Å². The summed E-state index contributed by atoms with van der Waals surface area (Å²) >= 11 is 0. The van der Waals surface area contributed by atoms with Crippen LogP contribution in [0.1, 0.15) is 42.6 Å². The van der Waals surface area contributed by atoms with Crippen molar-refractivity contribution >= 4 is 11.9 Å². The molecule has 0 bridgehead atoms. The monoisotopic (exact) mass is 417 g/mol. The molecule has 3 aromatic rings. The third-order valence-corrected chi connectivity index (χ3v) is 5.64. The van der Waals surface area contributed by atoms with Crippen molar-refractivity contribution < 1.29 is 14.3 Å². The molecule has 1 fully saturated rings. The van der Waals surface area contributed by atoms with Gasteiger partial charge >= 0.3 is 5.97 Å². The Morgan fingerprint density at radius 2 is 1.65 bits per heavy atom. The van der Waals surface area contributed by atoms with Crippen molar-refractivity contribution in [3.8, 4) is 16.9 Å². The number of esters is 1. The molecule has 0 spiro atoms. The van der Waals surface area contributed by atoms with E-state index in [1.165, 1.54) is 19.3 Å². The number of amides is 1. The Hall–Kier alpha value is -3.41. The molecule has 0 aliphatic heterocycles. The van der Waals surface area contributed by atoms with E-state index >= 15 is 0 Å². The number of carbonyl (C=O) groups excluding carboxylic acids is 2. The Balaban J connectivity index is 1.45. The zero-order chi connectivity index (χ0) is 21.5. The van der Waals surface area contributed by atoms with Gasteiger partial charge in [-0.2, -0.15) is 5.10 Å². The average Bonchev–Trinajstić information content (AvgIpc) is 3.29. The maximum atomic E-state index is 12.8. The molecule has 1 aromatic heterocycles. The smallest absolute Gasteiger partial charge is 0.357 e. The van der Waals surface area contributed by atoms with Gasteiger partial charge in [0.25, 0.3) is 5.91 Å². The van der Waals surface area contributed by atoms with E-state index in [4.69, 9.17) is 4.74 Å². The zero-order valence-electron chi connectivity index (χ0n) is 17.5. The molecule has 1 N–H and O–H groups in total. The second kappa shape index (κ2) is 10.1. The maximum absolute atomic E-state index is 12.8. The highest BCUT2D eigenvalue weighted by atomic mass is 16.5. The van der Waals surface area contributed by atoms with E-state index in [1.807, 2.05) is 60.7 Å². The van der Waals surface area contributed by atoms with Gasteiger partial charge in [-0.05, 0) is 37.0 Å². The topological polar surface area (TPSA) is 73.2 Å². The Labute approximate surface area is 182 Å². The molecular formula is C25H27N3O3. The predicted octanol–water partition coefficient (Wildman–Crippen LogP) is 4.39. The number of hydrogen-bond acceptors (Lipinski definition) is 4. The van der Waals surface area contributed by atoms with Crippen molar-refractivity contribution in [1.29, 1.82) is 0 Å². The molecule has 1 aliphatic rings. The Kier molecular flexibility index (Phi) is 6.77. The fourth-order valence-corrected chi connectivity index (χ4v) is 3.95. The van der Waals surface area contributed by atoms with E-state index in [1.54, 1.807) is 10.7 Å². The molecule has 4 rings (SSSR count). The minimum atomic E-state index is -0.577. The first-order valence-electron chi connectivity index (χ1n) is 10.9. The lowest BCUT2D eigenvalue weighted by molar-refractivity contribution is -0.124. The average molecular weight is 418 g/mol. The number of benzene rings is 2. The number of ether oxygens (including phenoxy) is 1. The second-order valence-corrected chi connectivity index (χ2v) is 7.91. The number of nitrogens with zero attached hydrogens (tertiary/aromatic N) is 2. The van der Waals surface area contributed by atoms with Gasteiger partial charge in [0.05, 0.1) is 11.4 Å². The Morgan fingerprint density at radius 1 is 0.968 bits per heavy atom. The van der Waals surface area contributed by atoms with Crippen LogP contribution < -0.4 is 5.32 Å². The molecule has 1 saturated carbocycles. The summed E-state index contributed by atoms with van der Waals surface area (Å²) in [7, 11) is 0. The summed E-state index contributed by atoms with van der Waals surface area (Å²) in [4.78, 5) is 25.0. The van der Waals surface area contributed by atoms with Crippen LogP contribution in [-0.4, -0.2) is 34.8 Å². The SMILES string of the molecule is O=C(COC(=O)c1cc(-c2ccccc2)nn1-c1ccccc1)NCC1CCCCC1. The number of nitrogens with one attached hydrogen (secondary N) is 1. The molecule has 1 heterocycles. The normalized spacial score (nSPS) is 14.2. The standard InChI is InChI=1S/C25H27N3O3/c29-24(26-17-19-10-4-1-5-11-19)18-31-25(30)23-16-22(20-12-6-2-7-13-20)27-28(23)21-14-8-3-9-15-21/h2-3,6-9,12-16,19H,1,4-5,10-11,17-18H2,(H,26,29). The maximum Gasteiger partial charge on any atom is 0.357 e. The summed E-state index contributed by atoms with van der Waals surface area (Å²) in [5.74, 6) is -0.319. The van der Waals surface area contributed by atoms with E-state index in [-0.39, 0.29) is 18.2 Å². The number of carbonyl (C=O) groups is 2. The van der Waals surface area contributed by atoms with Crippen molar-refractivity contribution in [1.82, 2.24) is 15.1 Å². The molecule has 31 heavy (non-hydrogen) atoms. The quantitative estimate of drug-likeness (QED) is 0.579. The van der Waals surface area contributed by atoms with E-state index in [9.17, 15) is 9.59 Å². The molecule has 0 saturated heterocycles. The lowest BCUT2D eigenvalue weighted by atomic mass is 9.89. The lowest BCUT2D eigenvalue weighted by Gasteiger charge is -2.21. The van der Waals surface area contributed by atoms with Gasteiger partial charge in [0.1, 0.15) is 0 Å². The van der Waals surface area contributed by atoms with Crippen LogP contribution in [0.5, 0.6) is 0 Å². The molecule has 0 radical (unpaired) electrons. The van der Waals surface area contributed by atoms with Crippen LogP contribution in [0.15, 0.2) is 66.7 Å². The van der Waals surface area contributed by atoms with Crippen LogP contribution in [-0.2, 0) is 9.53 Å². The van der Waals surface area contributed by atoms with E-state index in [0.717, 1.165) is 24.1 Å². The van der Waals surface area contributed by atoms with Gasteiger partial charge in [-0.15, -0.1) is 0 Å². The minimum absolute atomic E-state index is 0.270. The fourth-order valence-electron chi connectivity index (χ4n) is 3.95. The molecule has 2 aromatic carbocycles. The third kappa shape index (κ3) is 5.40. The van der Waals surface area contributed by atoms with Crippen LogP contribution >= 0.6 is 0 Å². The highest BCUT2D eigenvalue weighted by Gasteiger charge is 2.20. The fraction of sp³-hybridized carbons (Fsp3) is 0.320. The molecule has 160 valence electrons. The largest absolute Gasteiger partial charge is 0.451 e. The second-order valence-electron chi connectivity index (χ2n) is 7.91. The third-order valence-electron chi connectivity index (χ3n) is 5.64. The Bertz CT molecular complexity index is 1010. The van der Waals surface area contributed by atoms with Crippen LogP contribution in [0.25, 0.3) is 16.9 Å². The van der Waals surface area contributed by atoms with Gasteiger partial charge in [-0.1, -0.05) is 67.8 Å². The summed E-state index contributed by atoms with van der Waals surface area (Å²) in [6.07, 6.45) is 6.03. The Morgan fingerprint density at radius 3 is 2.35 bits per heavy atom. The van der Waals surface area contributed by atoms with Crippen LogP contribution in [0.4, 0.5) is 0 Å². The number of hydrogen-bond donors (Lipinski definition) is 1. The first-order chi connectivity index (χ1) is 15.2. The predicted molar refractivity (Wildman–Crippen MR) is 119 cm³/mol. The highest BCUT2D eigenvalue weighted by molar-refractivity contribution is 5.91. The van der Waals surface area contributed by atoms with Crippen molar-refractivity contribution in [2.45, 2.75) is 32.1 Å². The molecule has 1 aliphatic carbocycles. The van der Waals surface area contributed by atoms with Gasteiger partial charge in [0.2, 0.25) is 0 Å². The lowest BCUT2D eigenvalue weighted by Crippen LogP contribution is -2.33. The molecule has 0 atom stereocenters. The van der Waals surface area contributed by atoms with Gasteiger partial charge in [-0.3, -0.25) is 4.79 Å². The molecular weight excluding hydrogens is 390 g/mol. The van der Waals surface area contributed by atoms with E-state index < -0.39 is 5.97 Å². The summed E-state index contributed by atoms with van der Waals surface area (Å²) in [6.45, 7) is 0.350. The molecule has 1 amide bonds. The van der Waals surface area contributed by atoms with Gasteiger partial charge in [0.15, 0.2) is 12.3 Å². The number of rotatable bonds is 7. The minimum Gasteiger partial charge on any atom is -0.451 e. The summed E-state index contributed by atoms with van der Waals surface area (Å²) in [5.41, 5.74) is 2.60.